The number of anilines is 2. The number of aromatic nitrogens is 1. The Morgan fingerprint density at radius 3 is 2.29 bits per heavy atom. The predicted molar refractivity (Wildman–Crippen MR) is 135 cm³/mol. The van der Waals surface area contributed by atoms with E-state index in [0.717, 1.165) is 17.1 Å². The lowest BCUT2D eigenvalue weighted by Gasteiger charge is -2.33. The number of aryl methyl sites for hydroxylation is 1. The number of nitrogens with one attached hydrogen (secondary N) is 1. The van der Waals surface area contributed by atoms with Gasteiger partial charge in [0.1, 0.15) is 10.9 Å². The van der Waals surface area contributed by atoms with E-state index in [2.05, 4.69) is 9.69 Å². The van der Waals surface area contributed by atoms with Crippen LogP contribution in [0.2, 0.25) is 5.02 Å². The molecule has 3 rings (SSSR count). The topological polar surface area (TPSA) is 131 Å². The number of nitrogen functional groups attached to an aromatic ring is 1. The molecule has 0 spiro atoms. The lowest BCUT2D eigenvalue weighted by molar-refractivity contribution is -0.123. The summed E-state index contributed by atoms with van der Waals surface area (Å²) in [7, 11) is 0. The van der Waals surface area contributed by atoms with Crippen molar-refractivity contribution in [3.8, 4) is 0 Å². The van der Waals surface area contributed by atoms with Crippen molar-refractivity contribution >= 4 is 52.2 Å². The van der Waals surface area contributed by atoms with E-state index < -0.39 is 29.3 Å². The number of benzene rings is 2. The zero-order chi connectivity index (χ0) is 25.2. The van der Waals surface area contributed by atoms with Gasteiger partial charge in [0.05, 0.1) is 5.69 Å². The third-order valence-corrected chi connectivity index (χ3v) is 5.95. The Balaban J connectivity index is 2.24. The molecule has 34 heavy (non-hydrogen) atoms. The number of rotatable bonds is 6. The number of amides is 3. The minimum Gasteiger partial charge on any atom is -0.395 e. The summed E-state index contributed by atoms with van der Waals surface area (Å²) < 4.78 is 3.95. The van der Waals surface area contributed by atoms with E-state index >= 15 is 0 Å². The Morgan fingerprint density at radius 1 is 1.12 bits per heavy atom. The summed E-state index contributed by atoms with van der Waals surface area (Å²) in [5, 5.41) is 3.45. The molecule has 1 atom stereocenters. The molecule has 0 saturated heterocycles. The largest absolute Gasteiger partial charge is 0.395 e. The van der Waals surface area contributed by atoms with Crippen molar-refractivity contribution in [3.05, 3.63) is 75.3 Å². The second-order valence-electron chi connectivity index (χ2n) is 8.85. The maximum Gasteiger partial charge on any atom is 0.273 e. The summed E-state index contributed by atoms with van der Waals surface area (Å²) in [4.78, 5) is 40.6. The van der Waals surface area contributed by atoms with E-state index in [4.69, 9.17) is 23.1 Å². The van der Waals surface area contributed by atoms with Gasteiger partial charge >= 0.3 is 0 Å². The molecule has 0 aliphatic rings. The molecule has 5 N–H and O–H groups in total. The van der Waals surface area contributed by atoms with E-state index in [1.165, 1.54) is 4.90 Å². The first-order chi connectivity index (χ1) is 15.9. The fourth-order valence-corrected chi connectivity index (χ4v) is 4.27. The van der Waals surface area contributed by atoms with Gasteiger partial charge in [-0.05, 0) is 74.6 Å². The van der Waals surface area contributed by atoms with Crippen molar-refractivity contribution in [1.82, 2.24) is 9.69 Å². The number of carbonyl (C=O) groups is 3. The highest BCUT2D eigenvalue weighted by molar-refractivity contribution is 7.09. The van der Waals surface area contributed by atoms with Crippen LogP contribution in [-0.2, 0) is 4.79 Å². The number of nitrogens with zero attached hydrogens (tertiary/aromatic N) is 2. The summed E-state index contributed by atoms with van der Waals surface area (Å²) in [5.41, 5.74) is 12.4. The van der Waals surface area contributed by atoms with Crippen LogP contribution in [0.25, 0.3) is 0 Å². The molecule has 1 unspecified atom stereocenters. The van der Waals surface area contributed by atoms with Gasteiger partial charge in [-0.1, -0.05) is 35.9 Å². The van der Waals surface area contributed by atoms with Crippen molar-refractivity contribution in [1.29, 1.82) is 0 Å². The quantitative estimate of drug-likeness (QED) is 0.470. The van der Waals surface area contributed by atoms with Crippen LogP contribution >= 0.6 is 23.1 Å². The predicted octanol–water partition coefficient (Wildman–Crippen LogP) is 4.09. The molecule has 3 amide bonds. The van der Waals surface area contributed by atoms with Gasteiger partial charge in [0, 0.05) is 16.2 Å². The minimum atomic E-state index is -1.07. The van der Waals surface area contributed by atoms with E-state index in [0.29, 0.717) is 16.3 Å². The zero-order valence-electron chi connectivity index (χ0n) is 19.3. The molecule has 10 heteroatoms. The van der Waals surface area contributed by atoms with Crippen molar-refractivity contribution in [2.75, 3.05) is 10.6 Å². The lowest BCUT2D eigenvalue weighted by Crippen LogP contribution is -2.49. The lowest BCUT2D eigenvalue weighted by atomic mass is 10.00. The van der Waals surface area contributed by atoms with Gasteiger partial charge in [0.2, 0.25) is 5.91 Å². The smallest absolute Gasteiger partial charge is 0.273 e. The number of hydrogen-bond acceptors (Lipinski definition) is 6. The molecule has 0 fully saturated rings. The molecular weight excluding hydrogens is 474 g/mol. The number of primary amides is 1. The van der Waals surface area contributed by atoms with Crippen molar-refractivity contribution in [3.63, 3.8) is 0 Å². The van der Waals surface area contributed by atoms with Crippen molar-refractivity contribution in [2.45, 2.75) is 39.3 Å². The molecule has 1 heterocycles. The highest BCUT2D eigenvalue weighted by Gasteiger charge is 2.37. The Kier molecular flexibility index (Phi) is 7.28. The molecule has 178 valence electrons. The van der Waals surface area contributed by atoms with Gasteiger partial charge in [-0.3, -0.25) is 19.3 Å². The van der Waals surface area contributed by atoms with Crippen LogP contribution in [0.5, 0.6) is 0 Å². The first-order valence-corrected chi connectivity index (χ1v) is 11.6. The molecule has 0 saturated carbocycles. The Bertz CT molecular complexity index is 1230. The molecule has 3 aromatic rings. The molecule has 8 nitrogen and oxygen atoms in total. The van der Waals surface area contributed by atoms with Crippen LogP contribution in [-0.4, -0.2) is 27.6 Å². The third-order valence-electron chi connectivity index (χ3n) is 4.84. The van der Waals surface area contributed by atoms with E-state index in [1.54, 1.807) is 42.5 Å². The number of halogens is 1. The van der Waals surface area contributed by atoms with Crippen LogP contribution in [0.3, 0.4) is 0 Å². The molecule has 0 bridgehead atoms. The summed E-state index contributed by atoms with van der Waals surface area (Å²) in [6.45, 7) is 7.43. The number of carbonyl (C=O) groups excluding carboxylic acids is 3. The van der Waals surface area contributed by atoms with Crippen LogP contribution in [0.1, 0.15) is 58.1 Å². The maximum absolute atomic E-state index is 13.9. The first-order valence-electron chi connectivity index (χ1n) is 10.4. The van der Waals surface area contributed by atoms with Gasteiger partial charge in [-0.25, -0.2) is 0 Å². The van der Waals surface area contributed by atoms with Crippen LogP contribution in [0.4, 0.5) is 11.4 Å². The maximum atomic E-state index is 13.9. The highest BCUT2D eigenvalue weighted by Crippen LogP contribution is 2.34. The van der Waals surface area contributed by atoms with Gasteiger partial charge in [-0.15, -0.1) is 0 Å². The third kappa shape index (κ3) is 5.55. The average Bonchev–Trinajstić information content (AvgIpc) is 3.12. The second kappa shape index (κ2) is 9.82. The number of nitrogens with two attached hydrogens (primary N) is 2. The summed E-state index contributed by atoms with van der Waals surface area (Å²) in [5.74, 6) is -1.82. The van der Waals surface area contributed by atoms with Gasteiger partial charge in [0.15, 0.2) is 5.69 Å². The number of hydrogen-bond donors (Lipinski definition) is 3. The van der Waals surface area contributed by atoms with Crippen LogP contribution in [0.15, 0.2) is 48.5 Å². The van der Waals surface area contributed by atoms with Gasteiger partial charge in [-0.2, -0.15) is 4.37 Å². The van der Waals surface area contributed by atoms with Crippen molar-refractivity contribution in [2.24, 2.45) is 5.73 Å². The van der Waals surface area contributed by atoms with Crippen LogP contribution < -0.4 is 21.7 Å². The normalized spacial score (nSPS) is 12.1. The average molecular weight is 500 g/mol. The van der Waals surface area contributed by atoms with E-state index in [1.807, 2.05) is 33.8 Å². The minimum absolute atomic E-state index is 0.0119. The first kappa shape index (κ1) is 25.2. The monoisotopic (exact) mass is 499 g/mol. The Labute approximate surface area is 207 Å². The second-order valence-corrected chi connectivity index (χ2v) is 10.1. The fraction of sp³-hybridized carbons (Fsp3) is 0.250. The van der Waals surface area contributed by atoms with E-state index in [-0.39, 0.29) is 16.3 Å². The van der Waals surface area contributed by atoms with Crippen molar-refractivity contribution < 1.29 is 14.4 Å². The molecule has 2 aromatic carbocycles. The SMILES string of the molecule is Cc1cccc(N(C(=O)c2snc(C(N)=O)c2N)C(C(=O)NC(C)(C)C)c2ccc(Cl)cc2)c1. The van der Waals surface area contributed by atoms with Gasteiger partial charge in [0.25, 0.3) is 11.8 Å². The highest BCUT2D eigenvalue weighted by atomic mass is 35.5. The molecule has 0 radical (unpaired) electrons. The summed E-state index contributed by atoms with van der Waals surface area (Å²) in [6.07, 6.45) is 0. The van der Waals surface area contributed by atoms with E-state index in [9.17, 15) is 14.4 Å². The zero-order valence-corrected chi connectivity index (χ0v) is 20.8. The summed E-state index contributed by atoms with van der Waals surface area (Å²) >= 11 is 6.84. The molecule has 0 aliphatic heterocycles. The Hall–Kier alpha value is -3.43. The summed E-state index contributed by atoms with van der Waals surface area (Å²) in [6, 6.07) is 12.8. The molecular formula is C24H26ClN5O3S. The molecule has 1 aromatic heterocycles. The Morgan fingerprint density at radius 2 is 1.76 bits per heavy atom. The van der Waals surface area contributed by atoms with Crippen LogP contribution in [0, 0.1) is 6.92 Å². The van der Waals surface area contributed by atoms with Gasteiger partial charge < -0.3 is 16.8 Å². The standard InChI is InChI=1S/C24H26ClN5O3S/c1-13-6-5-7-16(12-13)30(23(33)20-17(26)18(21(27)31)29-34-20)19(22(32)28-24(2,3)4)14-8-10-15(25)11-9-14/h5-12,19H,26H2,1-4H3,(H2,27,31)(H,28,32). The fourth-order valence-electron chi connectivity index (χ4n) is 3.40. The molecule has 0 aliphatic carbocycles.